The highest BCUT2D eigenvalue weighted by molar-refractivity contribution is 6.09. The summed E-state index contributed by atoms with van der Waals surface area (Å²) < 4.78 is 0. The van der Waals surface area contributed by atoms with Gasteiger partial charge in [0.2, 0.25) is 11.8 Å². The number of nitrogens with zero attached hydrogens (tertiary/aromatic N) is 3. The number of rotatable bonds is 7. The Morgan fingerprint density at radius 2 is 1.66 bits per heavy atom. The van der Waals surface area contributed by atoms with Gasteiger partial charge in [0.05, 0.1) is 6.20 Å². The largest absolute Gasteiger partial charge is 0.351 e. The first-order chi connectivity index (χ1) is 17.0. The topological polar surface area (TPSA) is 104 Å². The number of amides is 3. The summed E-state index contributed by atoms with van der Waals surface area (Å²) in [6, 6.07) is 15.2. The van der Waals surface area contributed by atoms with Crippen LogP contribution in [-0.4, -0.2) is 33.7 Å². The van der Waals surface area contributed by atoms with Crippen LogP contribution < -0.4 is 15.5 Å². The second-order valence-corrected chi connectivity index (χ2v) is 8.65. The van der Waals surface area contributed by atoms with Crippen LogP contribution in [0.5, 0.6) is 0 Å². The Morgan fingerprint density at radius 1 is 0.943 bits per heavy atom. The minimum absolute atomic E-state index is 0.0815. The van der Waals surface area contributed by atoms with Crippen LogP contribution in [0.4, 0.5) is 11.4 Å². The zero-order valence-corrected chi connectivity index (χ0v) is 19.7. The second-order valence-electron chi connectivity index (χ2n) is 8.65. The monoisotopic (exact) mass is 471 g/mol. The Bertz CT molecular complexity index is 1150. The standard InChI is InChI=1S/C27H29N5O3/c1-19(33)30-22-12-14-23(15-13-22)32(27(35)24-18-28-16-17-29-24)25(20-8-4-2-5-9-20)26(34)31-21-10-6-3-7-11-21/h2,4-5,8-9,12-18,21,25H,3,6-7,10-11H2,1H3,(H,30,33)(H,31,34). The molecule has 1 atom stereocenters. The number of aromatic nitrogens is 2. The van der Waals surface area contributed by atoms with Crippen molar-refractivity contribution in [1.82, 2.24) is 15.3 Å². The first-order valence-corrected chi connectivity index (χ1v) is 11.9. The van der Waals surface area contributed by atoms with E-state index < -0.39 is 11.9 Å². The van der Waals surface area contributed by atoms with Crippen molar-refractivity contribution in [1.29, 1.82) is 0 Å². The predicted molar refractivity (Wildman–Crippen MR) is 134 cm³/mol. The molecule has 180 valence electrons. The molecule has 0 bridgehead atoms. The molecule has 3 aromatic rings. The van der Waals surface area contributed by atoms with Crippen molar-refractivity contribution in [3.63, 3.8) is 0 Å². The number of hydrogen-bond donors (Lipinski definition) is 2. The van der Waals surface area contributed by atoms with E-state index in [-0.39, 0.29) is 23.6 Å². The van der Waals surface area contributed by atoms with E-state index in [1.165, 1.54) is 36.8 Å². The van der Waals surface area contributed by atoms with E-state index in [9.17, 15) is 14.4 Å². The molecular formula is C27H29N5O3. The maximum Gasteiger partial charge on any atom is 0.279 e. The summed E-state index contributed by atoms with van der Waals surface area (Å²) in [6.07, 6.45) is 9.52. The summed E-state index contributed by atoms with van der Waals surface area (Å²) in [7, 11) is 0. The molecule has 1 aliphatic carbocycles. The summed E-state index contributed by atoms with van der Waals surface area (Å²) in [5.74, 6) is -0.886. The van der Waals surface area contributed by atoms with E-state index in [1.807, 2.05) is 30.3 Å². The summed E-state index contributed by atoms with van der Waals surface area (Å²) in [5, 5.41) is 5.91. The van der Waals surface area contributed by atoms with Gasteiger partial charge in [-0.25, -0.2) is 4.98 Å². The van der Waals surface area contributed by atoms with Crippen molar-refractivity contribution >= 4 is 29.1 Å². The average Bonchev–Trinajstić information content (AvgIpc) is 2.88. The molecule has 1 fully saturated rings. The maximum absolute atomic E-state index is 13.8. The molecule has 1 heterocycles. The molecule has 0 radical (unpaired) electrons. The fraction of sp³-hybridized carbons (Fsp3) is 0.296. The third-order valence-corrected chi connectivity index (χ3v) is 6.04. The molecular weight excluding hydrogens is 442 g/mol. The van der Waals surface area contributed by atoms with Gasteiger partial charge in [-0.2, -0.15) is 0 Å². The van der Waals surface area contributed by atoms with Crippen LogP contribution in [0.3, 0.4) is 0 Å². The zero-order valence-electron chi connectivity index (χ0n) is 19.7. The average molecular weight is 472 g/mol. The zero-order chi connectivity index (χ0) is 24.6. The molecule has 8 nitrogen and oxygen atoms in total. The molecule has 1 aromatic heterocycles. The number of carbonyl (C=O) groups excluding carboxylic acids is 3. The van der Waals surface area contributed by atoms with Gasteiger partial charge in [0, 0.05) is 36.7 Å². The van der Waals surface area contributed by atoms with E-state index in [0.717, 1.165) is 25.7 Å². The van der Waals surface area contributed by atoms with Gasteiger partial charge in [0.25, 0.3) is 5.91 Å². The van der Waals surface area contributed by atoms with Gasteiger partial charge >= 0.3 is 0 Å². The van der Waals surface area contributed by atoms with Crippen molar-refractivity contribution in [2.24, 2.45) is 0 Å². The van der Waals surface area contributed by atoms with E-state index in [0.29, 0.717) is 16.9 Å². The van der Waals surface area contributed by atoms with E-state index in [1.54, 1.807) is 24.3 Å². The quantitative estimate of drug-likeness (QED) is 0.535. The Morgan fingerprint density at radius 3 is 2.29 bits per heavy atom. The van der Waals surface area contributed by atoms with Crippen molar-refractivity contribution in [2.45, 2.75) is 51.1 Å². The van der Waals surface area contributed by atoms with Gasteiger partial charge in [-0.1, -0.05) is 49.6 Å². The van der Waals surface area contributed by atoms with Gasteiger partial charge in [-0.15, -0.1) is 0 Å². The van der Waals surface area contributed by atoms with Crippen LogP contribution in [0.1, 0.15) is 61.1 Å². The summed E-state index contributed by atoms with van der Waals surface area (Å²) in [4.78, 5) is 48.7. The number of carbonyl (C=O) groups is 3. The minimum atomic E-state index is -0.917. The fourth-order valence-electron chi connectivity index (χ4n) is 4.41. The van der Waals surface area contributed by atoms with Gasteiger partial charge in [-0.05, 0) is 42.7 Å². The van der Waals surface area contributed by atoms with E-state index in [4.69, 9.17) is 0 Å². The summed E-state index contributed by atoms with van der Waals surface area (Å²) in [6.45, 7) is 1.43. The lowest BCUT2D eigenvalue weighted by atomic mass is 9.94. The maximum atomic E-state index is 13.8. The molecule has 35 heavy (non-hydrogen) atoms. The van der Waals surface area contributed by atoms with Crippen LogP contribution in [0.2, 0.25) is 0 Å². The number of benzene rings is 2. The van der Waals surface area contributed by atoms with Crippen molar-refractivity contribution in [2.75, 3.05) is 10.2 Å². The Balaban J connectivity index is 1.76. The Kier molecular flexibility index (Phi) is 7.82. The van der Waals surface area contributed by atoms with Gasteiger partial charge in [0.1, 0.15) is 11.7 Å². The molecule has 3 amide bonds. The van der Waals surface area contributed by atoms with E-state index >= 15 is 0 Å². The smallest absolute Gasteiger partial charge is 0.279 e. The van der Waals surface area contributed by atoms with Gasteiger partial charge < -0.3 is 10.6 Å². The first-order valence-electron chi connectivity index (χ1n) is 11.9. The molecule has 2 aromatic carbocycles. The Labute approximate surface area is 204 Å². The molecule has 4 rings (SSSR count). The molecule has 2 N–H and O–H groups in total. The highest BCUT2D eigenvalue weighted by Gasteiger charge is 2.35. The summed E-state index contributed by atoms with van der Waals surface area (Å²) >= 11 is 0. The normalized spacial score (nSPS) is 14.5. The molecule has 0 spiro atoms. The number of anilines is 2. The lowest BCUT2D eigenvalue weighted by molar-refractivity contribution is -0.123. The van der Waals surface area contributed by atoms with Crippen molar-refractivity contribution < 1.29 is 14.4 Å². The number of hydrogen-bond acceptors (Lipinski definition) is 5. The van der Waals surface area contributed by atoms with Crippen LogP contribution in [0, 0.1) is 0 Å². The minimum Gasteiger partial charge on any atom is -0.351 e. The van der Waals surface area contributed by atoms with Crippen molar-refractivity contribution in [3.8, 4) is 0 Å². The third-order valence-electron chi connectivity index (χ3n) is 6.04. The first kappa shape index (κ1) is 24.1. The highest BCUT2D eigenvalue weighted by Crippen LogP contribution is 2.31. The lowest BCUT2D eigenvalue weighted by Crippen LogP contribution is -2.47. The van der Waals surface area contributed by atoms with Crippen molar-refractivity contribution in [3.05, 3.63) is 84.4 Å². The summed E-state index contributed by atoms with van der Waals surface area (Å²) in [5.41, 5.74) is 1.91. The van der Waals surface area contributed by atoms with Gasteiger partial charge in [-0.3, -0.25) is 24.3 Å². The molecule has 1 unspecified atom stereocenters. The predicted octanol–water partition coefficient (Wildman–Crippen LogP) is 4.27. The molecule has 1 aliphatic rings. The van der Waals surface area contributed by atoms with Crippen LogP contribution in [0.15, 0.2) is 73.2 Å². The second kappa shape index (κ2) is 11.4. The van der Waals surface area contributed by atoms with Crippen LogP contribution in [-0.2, 0) is 9.59 Å². The molecule has 1 saturated carbocycles. The fourth-order valence-corrected chi connectivity index (χ4v) is 4.41. The Hall–Kier alpha value is -4.07. The number of nitrogens with one attached hydrogen (secondary N) is 2. The van der Waals surface area contributed by atoms with Crippen LogP contribution in [0.25, 0.3) is 0 Å². The molecule has 0 aliphatic heterocycles. The highest BCUT2D eigenvalue weighted by atomic mass is 16.2. The molecule has 8 heteroatoms. The van der Waals surface area contributed by atoms with Crippen LogP contribution >= 0.6 is 0 Å². The van der Waals surface area contributed by atoms with E-state index in [2.05, 4.69) is 20.6 Å². The molecule has 0 saturated heterocycles. The lowest BCUT2D eigenvalue weighted by Gasteiger charge is -2.33. The SMILES string of the molecule is CC(=O)Nc1ccc(N(C(=O)c2cnccn2)C(C(=O)NC2CCCCC2)c2ccccc2)cc1. The van der Waals surface area contributed by atoms with Gasteiger partial charge in [0.15, 0.2) is 0 Å². The third kappa shape index (κ3) is 6.09.